The number of likely N-dealkylation sites (tertiary alicyclic amines) is 1. The Bertz CT molecular complexity index is 569. The van der Waals surface area contributed by atoms with Crippen LogP contribution in [0.5, 0.6) is 11.5 Å². The maximum Gasteiger partial charge on any atom is 0.191 e. The normalized spacial score (nSPS) is 16.4. The van der Waals surface area contributed by atoms with E-state index in [2.05, 4.69) is 27.4 Å². The van der Waals surface area contributed by atoms with Crippen LogP contribution >= 0.6 is 0 Å². The van der Waals surface area contributed by atoms with Crippen LogP contribution in [0.1, 0.15) is 31.7 Å². The van der Waals surface area contributed by atoms with Crippen LogP contribution in [0.25, 0.3) is 0 Å². The summed E-state index contributed by atoms with van der Waals surface area (Å²) in [7, 11) is 5.21. The first-order valence-corrected chi connectivity index (χ1v) is 9.60. The van der Waals surface area contributed by atoms with Gasteiger partial charge in [0.2, 0.25) is 0 Å². The van der Waals surface area contributed by atoms with Crippen molar-refractivity contribution in [3.05, 3.63) is 23.8 Å². The zero-order valence-corrected chi connectivity index (χ0v) is 16.7. The fraction of sp³-hybridized carbons (Fsp3) is 0.650. The summed E-state index contributed by atoms with van der Waals surface area (Å²) in [4.78, 5) is 6.91. The van der Waals surface area contributed by atoms with Gasteiger partial charge in [-0.1, -0.05) is 6.92 Å². The van der Waals surface area contributed by atoms with Gasteiger partial charge in [-0.15, -0.1) is 0 Å². The van der Waals surface area contributed by atoms with Gasteiger partial charge in [0.15, 0.2) is 5.96 Å². The molecule has 2 N–H and O–H groups in total. The van der Waals surface area contributed by atoms with Gasteiger partial charge < -0.3 is 25.0 Å². The van der Waals surface area contributed by atoms with Gasteiger partial charge in [0, 0.05) is 32.7 Å². The van der Waals surface area contributed by atoms with Crippen molar-refractivity contribution in [3.63, 3.8) is 0 Å². The molecule has 1 aliphatic rings. The number of hydrogen-bond donors (Lipinski definition) is 2. The maximum atomic E-state index is 5.45. The van der Waals surface area contributed by atoms with Crippen LogP contribution in [0.3, 0.4) is 0 Å². The van der Waals surface area contributed by atoms with E-state index in [9.17, 15) is 0 Å². The number of benzene rings is 1. The Morgan fingerprint density at radius 2 is 2.00 bits per heavy atom. The number of nitrogens with zero attached hydrogens (tertiary/aromatic N) is 2. The zero-order chi connectivity index (χ0) is 18.8. The van der Waals surface area contributed by atoms with Gasteiger partial charge in [-0.25, -0.2) is 0 Å². The molecule has 0 spiro atoms. The molecule has 0 bridgehead atoms. The number of aliphatic imine (C=N–C) groups is 1. The number of rotatable bonds is 8. The highest BCUT2D eigenvalue weighted by Gasteiger charge is 2.19. The number of ether oxygens (including phenoxy) is 2. The van der Waals surface area contributed by atoms with Gasteiger partial charge in [-0.3, -0.25) is 4.99 Å². The quantitative estimate of drug-likeness (QED) is 0.549. The van der Waals surface area contributed by atoms with E-state index in [1.54, 1.807) is 14.2 Å². The summed E-state index contributed by atoms with van der Waals surface area (Å²) < 4.78 is 10.8. The molecule has 6 nitrogen and oxygen atoms in total. The Balaban J connectivity index is 1.79. The highest BCUT2D eigenvalue weighted by atomic mass is 16.5. The first-order chi connectivity index (χ1) is 12.7. The molecule has 0 aliphatic carbocycles. The monoisotopic (exact) mass is 362 g/mol. The van der Waals surface area contributed by atoms with Gasteiger partial charge in [0.25, 0.3) is 0 Å². The second-order valence-corrected chi connectivity index (χ2v) is 6.69. The molecule has 0 amide bonds. The van der Waals surface area contributed by atoms with E-state index >= 15 is 0 Å². The minimum atomic E-state index is 0.501. The molecule has 1 aromatic rings. The Kier molecular flexibility index (Phi) is 8.54. The molecule has 1 aliphatic heterocycles. The highest BCUT2D eigenvalue weighted by Crippen LogP contribution is 2.24. The number of hydrogen-bond acceptors (Lipinski definition) is 4. The summed E-state index contributed by atoms with van der Waals surface area (Å²) in [6, 6.07) is 6.40. The molecule has 0 saturated carbocycles. The Hall–Kier alpha value is -1.95. The molecule has 2 rings (SSSR count). The molecule has 1 heterocycles. The van der Waals surface area contributed by atoms with Crippen LogP contribution in [-0.4, -0.2) is 64.3 Å². The minimum Gasteiger partial charge on any atom is -0.497 e. The van der Waals surface area contributed by atoms with Crippen LogP contribution < -0.4 is 20.1 Å². The van der Waals surface area contributed by atoms with E-state index in [4.69, 9.17) is 9.47 Å². The zero-order valence-electron chi connectivity index (χ0n) is 16.7. The highest BCUT2D eigenvalue weighted by molar-refractivity contribution is 5.80. The summed E-state index contributed by atoms with van der Waals surface area (Å²) in [5.41, 5.74) is 1.13. The third kappa shape index (κ3) is 6.09. The van der Waals surface area contributed by atoms with E-state index in [1.165, 1.54) is 38.9 Å². The van der Waals surface area contributed by atoms with E-state index in [0.29, 0.717) is 6.04 Å². The van der Waals surface area contributed by atoms with Crippen molar-refractivity contribution in [1.82, 2.24) is 15.5 Å². The predicted octanol–water partition coefficient (Wildman–Crippen LogP) is 2.29. The molecule has 1 saturated heterocycles. The molecular weight excluding hydrogens is 328 g/mol. The van der Waals surface area contributed by atoms with E-state index < -0.39 is 0 Å². The van der Waals surface area contributed by atoms with E-state index in [-0.39, 0.29) is 0 Å². The second kappa shape index (κ2) is 10.9. The topological polar surface area (TPSA) is 58.1 Å². The van der Waals surface area contributed by atoms with Crippen LogP contribution in [0.2, 0.25) is 0 Å². The first kappa shape index (κ1) is 20.4. The van der Waals surface area contributed by atoms with Gasteiger partial charge in [0.1, 0.15) is 11.5 Å². The number of guanidine groups is 1. The number of methoxy groups -OCH3 is 2. The molecule has 1 fully saturated rings. The van der Waals surface area contributed by atoms with Crippen molar-refractivity contribution < 1.29 is 9.47 Å². The third-order valence-electron chi connectivity index (χ3n) is 4.87. The number of piperidine rings is 1. The van der Waals surface area contributed by atoms with E-state index in [1.807, 2.05) is 25.2 Å². The molecule has 6 heteroatoms. The largest absolute Gasteiger partial charge is 0.497 e. The van der Waals surface area contributed by atoms with Crippen LogP contribution in [0, 0.1) is 0 Å². The standard InChI is InChI=1S/C20H34N4O2/c1-5-12-24-13-9-17(10-14-24)23-20(21-2)22-11-8-16-15-18(25-3)6-7-19(16)26-4/h6-7,15,17H,5,8-14H2,1-4H3,(H2,21,22,23). The summed E-state index contributed by atoms with van der Waals surface area (Å²) in [5.74, 6) is 2.61. The lowest BCUT2D eigenvalue weighted by Crippen LogP contribution is -2.49. The molecule has 0 unspecified atom stereocenters. The molecule has 146 valence electrons. The van der Waals surface area contributed by atoms with Crippen molar-refractivity contribution in [2.45, 2.75) is 38.6 Å². The van der Waals surface area contributed by atoms with E-state index in [0.717, 1.165) is 36.0 Å². The van der Waals surface area contributed by atoms with Crippen molar-refractivity contribution >= 4 is 5.96 Å². The average molecular weight is 363 g/mol. The lowest BCUT2D eigenvalue weighted by Gasteiger charge is -2.32. The Morgan fingerprint density at radius 1 is 1.23 bits per heavy atom. The smallest absolute Gasteiger partial charge is 0.191 e. The van der Waals surface area contributed by atoms with Crippen molar-refractivity contribution in [2.24, 2.45) is 4.99 Å². The predicted molar refractivity (Wildman–Crippen MR) is 108 cm³/mol. The molecule has 0 atom stereocenters. The molecule has 0 radical (unpaired) electrons. The Morgan fingerprint density at radius 3 is 2.62 bits per heavy atom. The SMILES string of the molecule is CCCN1CCC(NC(=NC)NCCc2cc(OC)ccc2OC)CC1. The molecule has 26 heavy (non-hydrogen) atoms. The fourth-order valence-electron chi connectivity index (χ4n) is 3.40. The summed E-state index contributed by atoms with van der Waals surface area (Å²) in [6.07, 6.45) is 4.42. The fourth-order valence-corrected chi connectivity index (χ4v) is 3.40. The van der Waals surface area contributed by atoms with Crippen LogP contribution in [-0.2, 0) is 6.42 Å². The summed E-state index contributed by atoms with van der Waals surface area (Å²) in [5, 5.41) is 6.98. The van der Waals surface area contributed by atoms with Gasteiger partial charge in [-0.05, 0) is 56.0 Å². The van der Waals surface area contributed by atoms with Crippen molar-refractivity contribution in [2.75, 3.05) is 47.4 Å². The summed E-state index contributed by atoms with van der Waals surface area (Å²) >= 11 is 0. The molecule has 1 aromatic carbocycles. The molecular formula is C20H34N4O2. The summed E-state index contributed by atoms with van der Waals surface area (Å²) in [6.45, 7) is 6.58. The lowest BCUT2D eigenvalue weighted by atomic mass is 10.1. The van der Waals surface area contributed by atoms with Crippen LogP contribution in [0.4, 0.5) is 0 Å². The average Bonchev–Trinajstić information content (AvgIpc) is 2.68. The Labute approximate surface area is 158 Å². The minimum absolute atomic E-state index is 0.501. The van der Waals surface area contributed by atoms with Gasteiger partial charge in [0.05, 0.1) is 14.2 Å². The maximum absolute atomic E-state index is 5.45. The van der Waals surface area contributed by atoms with Crippen molar-refractivity contribution in [1.29, 1.82) is 0 Å². The number of nitrogens with one attached hydrogen (secondary N) is 2. The van der Waals surface area contributed by atoms with Crippen molar-refractivity contribution in [3.8, 4) is 11.5 Å². The third-order valence-corrected chi connectivity index (χ3v) is 4.87. The van der Waals surface area contributed by atoms with Gasteiger partial charge >= 0.3 is 0 Å². The molecule has 0 aromatic heterocycles. The van der Waals surface area contributed by atoms with Gasteiger partial charge in [-0.2, -0.15) is 0 Å². The lowest BCUT2D eigenvalue weighted by molar-refractivity contribution is 0.206. The first-order valence-electron chi connectivity index (χ1n) is 9.60. The van der Waals surface area contributed by atoms with Crippen LogP contribution in [0.15, 0.2) is 23.2 Å². The second-order valence-electron chi connectivity index (χ2n) is 6.69.